The maximum Gasteiger partial charge on any atom is 0.252 e. The number of nitrogens with one attached hydrogen (secondary N) is 1. The zero-order chi connectivity index (χ0) is 13.1. The molecule has 0 aliphatic heterocycles. The van der Waals surface area contributed by atoms with Crippen molar-refractivity contribution >= 4 is 21.8 Å². The summed E-state index contributed by atoms with van der Waals surface area (Å²) in [6, 6.07) is 5.75. The molecular formula is C14H18BrNO2. The maximum atomic E-state index is 12.2. The van der Waals surface area contributed by atoms with Crippen molar-refractivity contribution in [2.75, 3.05) is 0 Å². The molecule has 1 amide bonds. The summed E-state index contributed by atoms with van der Waals surface area (Å²) in [5.74, 6) is -0.0651. The number of aryl methyl sites for hydroxylation is 1. The van der Waals surface area contributed by atoms with E-state index in [1.54, 1.807) is 0 Å². The number of hydrogen-bond donors (Lipinski definition) is 2. The first-order valence-corrected chi connectivity index (χ1v) is 7.11. The highest BCUT2D eigenvalue weighted by atomic mass is 79.9. The van der Waals surface area contributed by atoms with Gasteiger partial charge in [-0.05, 0) is 60.2 Å². The summed E-state index contributed by atoms with van der Waals surface area (Å²) >= 11 is 3.45. The van der Waals surface area contributed by atoms with Gasteiger partial charge in [-0.25, -0.2) is 0 Å². The van der Waals surface area contributed by atoms with Crippen LogP contribution in [0.3, 0.4) is 0 Å². The quantitative estimate of drug-likeness (QED) is 0.882. The van der Waals surface area contributed by atoms with Crippen LogP contribution in [0.2, 0.25) is 0 Å². The summed E-state index contributed by atoms with van der Waals surface area (Å²) in [7, 11) is 0. The molecular weight excluding hydrogens is 294 g/mol. The SMILES string of the molecule is Cc1cccc(C(=O)NC2CCCC(O)C2)c1Br. The van der Waals surface area contributed by atoms with Gasteiger partial charge in [0, 0.05) is 10.5 Å². The second-order valence-corrected chi connectivity index (χ2v) is 5.72. The Morgan fingerprint density at radius 2 is 2.22 bits per heavy atom. The fourth-order valence-corrected chi connectivity index (χ4v) is 2.83. The first-order chi connectivity index (χ1) is 8.58. The van der Waals surface area contributed by atoms with Gasteiger partial charge in [0.05, 0.1) is 11.7 Å². The Hall–Kier alpha value is -0.870. The van der Waals surface area contributed by atoms with Crippen LogP contribution in [0, 0.1) is 6.92 Å². The van der Waals surface area contributed by atoms with E-state index < -0.39 is 0 Å². The zero-order valence-corrected chi connectivity index (χ0v) is 12.0. The van der Waals surface area contributed by atoms with Gasteiger partial charge in [0.1, 0.15) is 0 Å². The highest BCUT2D eigenvalue weighted by Gasteiger charge is 2.22. The van der Waals surface area contributed by atoms with E-state index in [-0.39, 0.29) is 18.1 Å². The second-order valence-electron chi connectivity index (χ2n) is 4.93. The van der Waals surface area contributed by atoms with Gasteiger partial charge < -0.3 is 10.4 Å². The van der Waals surface area contributed by atoms with Crippen molar-refractivity contribution in [3.63, 3.8) is 0 Å². The van der Waals surface area contributed by atoms with Crippen LogP contribution >= 0.6 is 15.9 Å². The number of rotatable bonds is 2. The van der Waals surface area contributed by atoms with E-state index in [9.17, 15) is 9.90 Å². The number of carbonyl (C=O) groups excluding carboxylic acids is 1. The summed E-state index contributed by atoms with van der Waals surface area (Å²) in [6.07, 6.45) is 3.16. The first-order valence-electron chi connectivity index (χ1n) is 6.32. The standard InChI is InChI=1S/C14H18BrNO2/c1-9-4-2-7-12(13(9)15)14(18)16-10-5-3-6-11(17)8-10/h2,4,7,10-11,17H,3,5-6,8H2,1H3,(H,16,18). The molecule has 2 atom stereocenters. The topological polar surface area (TPSA) is 49.3 Å². The lowest BCUT2D eigenvalue weighted by Gasteiger charge is -2.26. The summed E-state index contributed by atoms with van der Waals surface area (Å²) in [4.78, 5) is 12.2. The molecule has 2 N–H and O–H groups in total. The molecule has 1 aliphatic carbocycles. The molecule has 1 aliphatic rings. The number of aliphatic hydroxyl groups excluding tert-OH is 1. The van der Waals surface area contributed by atoms with Crippen molar-refractivity contribution in [2.45, 2.75) is 44.8 Å². The zero-order valence-electron chi connectivity index (χ0n) is 10.4. The van der Waals surface area contributed by atoms with Crippen molar-refractivity contribution < 1.29 is 9.90 Å². The van der Waals surface area contributed by atoms with Crippen LogP contribution in [0.4, 0.5) is 0 Å². The Kier molecular flexibility index (Phi) is 4.40. The summed E-state index contributed by atoms with van der Waals surface area (Å²) < 4.78 is 0.846. The Morgan fingerprint density at radius 1 is 1.44 bits per heavy atom. The molecule has 0 radical (unpaired) electrons. The Morgan fingerprint density at radius 3 is 2.94 bits per heavy atom. The van der Waals surface area contributed by atoms with E-state index in [2.05, 4.69) is 21.2 Å². The highest BCUT2D eigenvalue weighted by molar-refractivity contribution is 9.10. The number of hydrogen-bond acceptors (Lipinski definition) is 2. The molecule has 1 aromatic carbocycles. The minimum absolute atomic E-state index is 0.0651. The largest absolute Gasteiger partial charge is 0.393 e. The first kappa shape index (κ1) is 13.6. The van der Waals surface area contributed by atoms with Crippen LogP contribution in [0.15, 0.2) is 22.7 Å². The average Bonchev–Trinajstić information content (AvgIpc) is 2.32. The normalized spacial score (nSPS) is 23.7. The van der Waals surface area contributed by atoms with E-state index in [0.717, 1.165) is 29.3 Å². The predicted molar refractivity (Wildman–Crippen MR) is 74.6 cm³/mol. The van der Waals surface area contributed by atoms with Gasteiger partial charge in [0.15, 0.2) is 0 Å². The number of carbonyl (C=O) groups is 1. The molecule has 0 saturated heterocycles. The molecule has 0 bridgehead atoms. The molecule has 3 nitrogen and oxygen atoms in total. The summed E-state index contributed by atoms with van der Waals surface area (Å²) in [5.41, 5.74) is 1.71. The number of amides is 1. The monoisotopic (exact) mass is 311 g/mol. The van der Waals surface area contributed by atoms with E-state index in [4.69, 9.17) is 0 Å². The molecule has 1 aromatic rings. The maximum absolute atomic E-state index is 12.2. The molecule has 0 heterocycles. The fourth-order valence-electron chi connectivity index (χ4n) is 2.38. The van der Waals surface area contributed by atoms with Gasteiger partial charge in [-0.3, -0.25) is 4.79 Å². The summed E-state index contributed by atoms with van der Waals surface area (Å²) in [6.45, 7) is 1.96. The van der Waals surface area contributed by atoms with E-state index >= 15 is 0 Å². The Balaban J connectivity index is 2.05. The van der Waals surface area contributed by atoms with E-state index in [1.807, 2.05) is 25.1 Å². The molecule has 2 rings (SSSR count). The third-order valence-corrected chi connectivity index (χ3v) is 4.47. The Bertz CT molecular complexity index is 447. The molecule has 1 fully saturated rings. The minimum Gasteiger partial charge on any atom is -0.393 e. The van der Waals surface area contributed by atoms with Crippen molar-refractivity contribution in [1.29, 1.82) is 0 Å². The van der Waals surface area contributed by atoms with Crippen molar-refractivity contribution in [2.24, 2.45) is 0 Å². The molecule has 18 heavy (non-hydrogen) atoms. The van der Waals surface area contributed by atoms with Crippen LogP contribution < -0.4 is 5.32 Å². The van der Waals surface area contributed by atoms with Gasteiger partial charge >= 0.3 is 0 Å². The molecule has 2 unspecified atom stereocenters. The minimum atomic E-state index is -0.273. The molecule has 1 saturated carbocycles. The average molecular weight is 312 g/mol. The predicted octanol–water partition coefficient (Wildman–Crippen LogP) is 2.79. The van der Waals surface area contributed by atoms with Crippen LogP contribution in [-0.2, 0) is 0 Å². The third kappa shape index (κ3) is 3.12. The number of aliphatic hydroxyl groups is 1. The lowest BCUT2D eigenvalue weighted by molar-refractivity contribution is 0.0849. The van der Waals surface area contributed by atoms with Crippen LogP contribution in [0.1, 0.15) is 41.6 Å². The fraction of sp³-hybridized carbons (Fsp3) is 0.500. The lowest BCUT2D eigenvalue weighted by Crippen LogP contribution is -2.39. The van der Waals surface area contributed by atoms with Gasteiger partial charge in [0.2, 0.25) is 0 Å². The van der Waals surface area contributed by atoms with Crippen LogP contribution in [-0.4, -0.2) is 23.2 Å². The van der Waals surface area contributed by atoms with E-state index in [0.29, 0.717) is 12.0 Å². The molecule has 0 aromatic heterocycles. The van der Waals surface area contributed by atoms with Gasteiger partial charge in [-0.2, -0.15) is 0 Å². The molecule has 4 heteroatoms. The lowest BCUT2D eigenvalue weighted by atomic mass is 9.93. The molecule has 98 valence electrons. The smallest absolute Gasteiger partial charge is 0.252 e. The number of halogens is 1. The van der Waals surface area contributed by atoms with Crippen molar-refractivity contribution in [3.05, 3.63) is 33.8 Å². The van der Waals surface area contributed by atoms with Gasteiger partial charge in [-0.1, -0.05) is 12.1 Å². The van der Waals surface area contributed by atoms with Crippen LogP contribution in [0.5, 0.6) is 0 Å². The van der Waals surface area contributed by atoms with Crippen LogP contribution in [0.25, 0.3) is 0 Å². The third-order valence-electron chi connectivity index (χ3n) is 3.42. The van der Waals surface area contributed by atoms with Crippen molar-refractivity contribution in [3.8, 4) is 0 Å². The van der Waals surface area contributed by atoms with E-state index in [1.165, 1.54) is 0 Å². The number of benzene rings is 1. The highest BCUT2D eigenvalue weighted by Crippen LogP contribution is 2.23. The molecule has 0 spiro atoms. The van der Waals surface area contributed by atoms with Crippen molar-refractivity contribution in [1.82, 2.24) is 5.32 Å². The Labute approximate surface area is 116 Å². The summed E-state index contributed by atoms with van der Waals surface area (Å²) in [5, 5.41) is 12.6. The second kappa shape index (κ2) is 5.85. The van der Waals surface area contributed by atoms with Gasteiger partial charge in [0.25, 0.3) is 5.91 Å². The van der Waals surface area contributed by atoms with Gasteiger partial charge in [-0.15, -0.1) is 0 Å².